The minimum Gasteiger partial charge on any atom is -0.303 e. The quantitative estimate of drug-likeness (QED) is 0.169. The van der Waals surface area contributed by atoms with Gasteiger partial charge in [0.2, 0.25) is 0 Å². The van der Waals surface area contributed by atoms with E-state index in [-0.39, 0.29) is 23.5 Å². The summed E-state index contributed by atoms with van der Waals surface area (Å²) >= 11 is 6.32. The molecular weight excluding hydrogens is 498 g/mol. The molecule has 2 N–H and O–H groups in total. The molecule has 10 nitrogen and oxygen atoms in total. The van der Waals surface area contributed by atoms with Crippen molar-refractivity contribution in [2.75, 3.05) is 0 Å². The van der Waals surface area contributed by atoms with Crippen LogP contribution >= 0.6 is 11.6 Å². The standard InChI is InChI=1S/C26H18ClN5O5/c27-20-11-4-5-12-22(20)31-24(33)19(23(29-31)17-8-2-1-3-9-17)14-21-25(34)30(26(35)28-21)15-16-7-6-10-18(13-16)32(36)37/h1-14,29H,15H2,(H,28,35). The van der Waals surface area contributed by atoms with Crippen molar-refractivity contribution < 1.29 is 14.5 Å². The molecule has 0 bridgehead atoms. The van der Waals surface area contributed by atoms with E-state index in [2.05, 4.69) is 10.4 Å². The number of carbonyl (C=O) groups excluding carboxylic acids is 2. The number of imide groups is 1. The van der Waals surface area contributed by atoms with Crippen molar-refractivity contribution in [1.82, 2.24) is 20.0 Å². The van der Waals surface area contributed by atoms with Gasteiger partial charge in [0, 0.05) is 17.7 Å². The molecule has 0 atom stereocenters. The topological polar surface area (TPSA) is 130 Å². The third-order valence-corrected chi connectivity index (χ3v) is 6.11. The average molecular weight is 516 g/mol. The first kappa shape index (κ1) is 23.8. The Bertz CT molecular complexity index is 1640. The first-order valence-corrected chi connectivity index (χ1v) is 11.4. The fourth-order valence-corrected chi connectivity index (χ4v) is 4.24. The summed E-state index contributed by atoms with van der Waals surface area (Å²) in [5, 5.41) is 17.0. The third-order valence-electron chi connectivity index (χ3n) is 5.80. The van der Waals surface area contributed by atoms with E-state index in [9.17, 15) is 24.5 Å². The molecule has 2 heterocycles. The number of nitro benzene ring substituents is 1. The van der Waals surface area contributed by atoms with Crippen LogP contribution < -0.4 is 10.9 Å². The Morgan fingerprint density at radius 2 is 1.68 bits per heavy atom. The lowest BCUT2D eigenvalue weighted by molar-refractivity contribution is -0.384. The molecule has 1 saturated heterocycles. The number of carbonyl (C=O) groups is 2. The van der Waals surface area contributed by atoms with Gasteiger partial charge in [-0.05, 0) is 23.8 Å². The van der Waals surface area contributed by atoms with Crippen molar-refractivity contribution in [3.8, 4) is 16.9 Å². The van der Waals surface area contributed by atoms with Gasteiger partial charge in [0.25, 0.3) is 17.2 Å². The molecule has 184 valence electrons. The van der Waals surface area contributed by atoms with Gasteiger partial charge in [-0.3, -0.25) is 29.7 Å². The lowest BCUT2D eigenvalue weighted by Crippen LogP contribution is -2.30. The number of aromatic amines is 1. The van der Waals surface area contributed by atoms with Crippen molar-refractivity contribution in [2.45, 2.75) is 6.54 Å². The maximum atomic E-state index is 13.5. The van der Waals surface area contributed by atoms with E-state index >= 15 is 0 Å². The maximum Gasteiger partial charge on any atom is 0.329 e. The summed E-state index contributed by atoms with van der Waals surface area (Å²) < 4.78 is 1.28. The van der Waals surface area contributed by atoms with E-state index in [0.717, 1.165) is 4.90 Å². The van der Waals surface area contributed by atoms with Crippen LogP contribution in [0.1, 0.15) is 11.1 Å². The molecule has 0 unspecified atom stereocenters. The van der Waals surface area contributed by atoms with E-state index in [0.29, 0.717) is 27.5 Å². The Morgan fingerprint density at radius 3 is 2.41 bits per heavy atom. The SMILES string of the molecule is O=C1NC(=Cc2c(-c3ccccc3)[nH]n(-c3ccccc3Cl)c2=O)C(=O)N1Cc1cccc([N+](=O)[O-])c1. The number of urea groups is 1. The van der Waals surface area contributed by atoms with E-state index in [1.807, 2.05) is 6.07 Å². The monoisotopic (exact) mass is 515 g/mol. The van der Waals surface area contributed by atoms with Crippen LogP contribution in [-0.2, 0) is 11.3 Å². The first-order valence-electron chi connectivity index (χ1n) is 11.1. The summed E-state index contributed by atoms with van der Waals surface area (Å²) in [5.74, 6) is -0.666. The van der Waals surface area contributed by atoms with Crippen LogP contribution in [0.4, 0.5) is 10.5 Å². The van der Waals surface area contributed by atoms with Gasteiger partial charge in [-0.2, -0.15) is 0 Å². The Hall–Kier alpha value is -4.96. The number of para-hydroxylation sites is 1. The fourth-order valence-electron chi connectivity index (χ4n) is 4.02. The van der Waals surface area contributed by atoms with Gasteiger partial charge >= 0.3 is 6.03 Å². The number of H-pyrrole nitrogens is 1. The fraction of sp³-hybridized carbons (Fsp3) is 0.0385. The van der Waals surface area contributed by atoms with Crippen molar-refractivity contribution in [1.29, 1.82) is 0 Å². The second-order valence-corrected chi connectivity index (χ2v) is 8.57. The van der Waals surface area contributed by atoms with Crippen molar-refractivity contribution in [2.24, 2.45) is 0 Å². The van der Waals surface area contributed by atoms with Crippen molar-refractivity contribution in [3.05, 3.63) is 121 Å². The van der Waals surface area contributed by atoms with Gasteiger partial charge in [0.1, 0.15) is 5.70 Å². The zero-order valence-electron chi connectivity index (χ0n) is 19.1. The molecule has 4 aromatic rings. The van der Waals surface area contributed by atoms with Crippen molar-refractivity contribution in [3.63, 3.8) is 0 Å². The lowest BCUT2D eigenvalue weighted by atomic mass is 10.1. The highest BCUT2D eigenvalue weighted by Gasteiger charge is 2.34. The largest absolute Gasteiger partial charge is 0.329 e. The normalized spacial score (nSPS) is 14.3. The van der Waals surface area contributed by atoms with E-state index < -0.39 is 22.4 Å². The number of aromatic nitrogens is 2. The highest BCUT2D eigenvalue weighted by molar-refractivity contribution is 6.32. The summed E-state index contributed by atoms with van der Waals surface area (Å²) in [6.07, 6.45) is 1.32. The van der Waals surface area contributed by atoms with Crippen LogP contribution in [-0.4, -0.2) is 31.5 Å². The molecule has 0 aliphatic carbocycles. The summed E-state index contributed by atoms with van der Waals surface area (Å²) in [5.41, 5.74) is 1.36. The van der Waals surface area contributed by atoms with Crippen molar-refractivity contribution >= 4 is 35.3 Å². The number of halogens is 1. The number of benzene rings is 3. The molecule has 1 aliphatic rings. The van der Waals surface area contributed by atoms with Gasteiger partial charge in [0.15, 0.2) is 0 Å². The zero-order chi connectivity index (χ0) is 26.1. The molecule has 1 fully saturated rings. The number of hydrogen-bond acceptors (Lipinski definition) is 5. The minimum absolute atomic E-state index is 0.102. The van der Waals surface area contributed by atoms with Crippen LogP contribution in [0.15, 0.2) is 89.4 Å². The number of nitrogens with one attached hydrogen (secondary N) is 2. The third kappa shape index (κ3) is 4.53. The first-order chi connectivity index (χ1) is 17.8. The molecule has 1 aromatic heterocycles. The van der Waals surface area contributed by atoms with Crippen LogP contribution in [0.5, 0.6) is 0 Å². The number of hydrogen-bond donors (Lipinski definition) is 2. The van der Waals surface area contributed by atoms with Crippen LogP contribution in [0, 0.1) is 10.1 Å². The summed E-state index contributed by atoms with van der Waals surface area (Å²) in [6.45, 7) is -0.174. The molecule has 1 aliphatic heterocycles. The smallest absolute Gasteiger partial charge is 0.303 e. The van der Waals surface area contributed by atoms with Gasteiger partial charge in [-0.1, -0.05) is 66.2 Å². The predicted octanol–water partition coefficient (Wildman–Crippen LogP) is 4.49. The average Bonchev–Trinajstić information content (AvgIpc) is 3.36. The van der Waals surface area contributed by atoms with E-state index in [1.54, 1.807) is 54.6 Å². The minimum atomic E-state index is -0.703. The molecule has 0 spiro atoms. The number of amides is 3. The molecule has 0 saturated carbocycles. The molecule has 3 aromatic carbocycles. The van der Waals surface area contributed by atoms with E-state index in [4.69, 9.17) is 11.6 Å². The Morgan fingerprint density at radius 1 is 0.946 bits per heavy atom. The molecule has 3 amide bonds. The highest BCUT2D eigenvalue weighted by atomic mass is 35.5. The number of nitrogens with zero attached hydrogens (tertiary/aromatic N) is 3. The maximum absolute atomic E-state index is 13.5. The zero-order valence-corrected chi connectivity index (χ0v) is 19.8. The summed E-state index contributed by atoms with van der Waals surface area (Å²) in [4.78, 5) is 50.7. The molecule has 5 rings (SSSR count). The summed E-state index contributed by atoms with van der Waals surface area (Å²) in [6, 6.07) is 20.8. The molecule has 0 radical (unpaired) electrons. The number of non-ortho nitro benzene ring substituents is 1. The molecule has 37 heavy (non-hydrogen) atoms. The Labute approximate surface area is 214 Å². The van der Waals surface area contributed by atoms with Crippen LogP contribution in [0.3, 0.4) is 0 Å². The lowest BCUT2D eigenvalue weighted by Gasteiger charge is -2.11. The van der Waals surface area contributed by atoms with Gasteiger partial charge in [0.05, 0.1) is 33.4 Å². The Kier molecular flexibility index (Phi) is 6.16. The van der Waals surface area contributed by atoms with Gasteiger partial charge in [-0.15, -0.1) is 0 Å². The number of rotatable bonds is 6. The second kappa shape index (κ2) is 9.59. The summed E-state index contributed by atoms with van der Waals surface area (Å²) in [7, 11) is 0. The highest BCUT2D eigenvalue weighted by Crippen LogP contribution is 2.26. The van der Waals surface area contributed by atoms with Gasteiger partial charge < -0.3 is 5.32 Å². The Balaban J connectivity index is 1.55. The van der Waals surface area contributed by atoms with Crippen LogP contribution in [0.2, 0.25) is 5.02 Å². The molecular formula is C26H18ClN5O5. The van der Waals surface area contributed by atoms with Gasteiger partial charge in [-0.25, -0.2) is 9.48 Å². The molecule has 11 heteroatoms. The number of nitro groups is 1. The van der Waals surface area contributed by atoms with Crippen LogP contribution in [0.25, 0.3) is 23.0 Å². The second-order valence-electron chi connectivity index (χ2n) is 8.16. The van der Waals surface area contributed by atoms with E-state index in [1.165, 1.54) is 29.0 Å². The predicted molar refractivity (Wildman–Crippen MR) is 137 cm³/mol.